The first-order valence-electron chi connectivity index (χ1n) is 6.49. The molecule has 98 valence electrons. The van der Waals surface area contributed by atoms with Gasteiger partial charge in [-0.3, -0.25) is 0 Å². The number of fused-ring (bicyclic) bond motifs is 1. The Bertz CT molecular complexity index is 531. The lowest BCUT2D eigenvalue weighted by atomic mass is 10.0. The lowest BCUT2D eigenvalue weighted by Crippen LogP contribution is -1.99. The van der Waals surface area contributed by atoms with E-state index in [-0.39, 0.29) is 0 Å². The average molecular weight is 263 g/mol. The maximum atomic E-state index is 4.83. The van der Waals surface area contributed by atoms with Crippen LogP contribution in [0.15, 0.2) is 24.4 Å². The highest BCUT2D eigenvalue weighted by atomic mass is 32.1. The van der Waals surface area contributed by atoms with Crippen molar-refractivity contribution in [2.24, 2.45) is 0 Å². The molecule has 1 aromatic heterocycles. The fourth-order valence-electron chi connectivity index (χ4n) is 2.34. The smallest absolute Gasteiger partial charge is 0.0627 e. The second kappa shape index (κ2) is 5.81. The first kappa shape index (κ1) is 13.5. The molecule has 2 rings (SSSR count). The van der Waals surface area contributed by atoms with Crippen molar-refractivity contribution in [3.63, 3.8) is 0 Å². The molecule has 0 amide bonds. The van der Waals surface area contributed by atoms with Crippen LogP contribution in [0.25, 0.3) is 10.9 Å². The highest BCUT2D eigenvalue weighted by Gasteiger charge is 2.07. The molecule has 1 heterocycles. The summed E-state index contributed by atoms with van der Waals surface area (Å²) < 4.78 is 7.15. The number of hydrogen-bond donors (Lipinski definition) is 1. The molecule has 1 aromatic carbocycles. The van der Waals surface area contributed by atoms with E-state index in [2.05, 4.69) is 62.6 Å². The second-order valence-electron chi connectivity index (χ2n) is 5.12. The normalized spacial score (nSPS) is 11.6. The number of aromatic nitrogens is 1. The van der Waals surface area contributed by atoms with Crippen LogP contribution >= 0.6 is 12.9 Å². The van der Waals surface area contributed by atoms with Crippen molar-refractivity contribution in [2.75, 3.05) is 6.61 Å². The van der Waals surface area contributed by atoms with E-state index in [0.717, 1.165) is 13.0 Å². The number of thiol groups is 1. The van der Waals surface area contributed by atoms with Crippen LogP contribution in [0, 0.1) is 6.92 Å². The van der Waals surface area contributed by atoms with Crippen molar-refractivity contribution < 1.29 is 4.18 Å². The van der Waals surface area contributed by atoms with E-state index < -0.39 is 0 Å². The summed E-state index contributed by atoms with van der Waals surface area (Å²) in [4.78, 5) is 0. The molecule has 2 aromatic rings. The van der Waals surface area contributed by atoms with E-state index in [1.165, 1.54) is 22.0 Å². The van der Waals surface area contributed by atoms with Crippen molar-refractivity contribution in [3.8, 4) is 0 Å². The number of benzene rings is 1. The van der Waals surface area contributed by atoms with Gasteiger partial charge in [-0.15, -0.1) is 0 Å². The van der Waals surface area contributed by atoms with Gasteiger partial charge in [0, 0.05) is 23.6 Å². The SMILES string of the molecule is Cc1cn(CCCOS)c2cc(C(C)C)ccc12. The Morgan fingerprint density at radius 3 is 2.78 bits per heavy atom. The molecule has 3 heteroatoms. The van der Waals surface area contributed by atoms with Crippen LogP contribution in [0.2, 0.25) is 0 Å². The second-order valence-corrected chi connectivity index (χ2v) is 5.38. The summed E-state index contributed by atoms with van der Waals surface area (Å²) in [6.07, 6.45) is 3.21. The lowest BCUT2D eigenvalue weighted by Gasteiger charge is -2.08. The Morgan fingerprint density at radius 1 is 1.33 bits per heavy atom. The average Bonchev–Trinajstić information content (AvgIpc) is 2.66. The van der Waals surface area contributed by atoms with Gasteiger partial charge in [0.05, 0.1) is 6.61 Å². The van der Waals surface area contributed by atoms with E-state index >= 15 is 0 Å². The van der Waals surface area contributed by atoms with Crippen LogP contribution < -0.4 is 0 Å². The molecule has 18 heavy (non-hydrogen) atoms. The molecule has 0 bridgehead atoms. The Balaban J connectivity index is 2.36. The van der Waals surface area contributed by atoms with Gasteiger partial charge in [-0.05, 0) is 49.4 Å². The first-order chi connectivity index (χ1) is 8.63. The first-order valence-corrected chi connectivity index (χ1v) is 6.85. The van der Waals surface area contributed by atoms with Crippen molar-refractivity contribution in [1.82, 2.24) is 4.57 Å². The number of hydrogen-bond acceptors (Lipinski definition) is 2. The van der Waals surface area contributed by atoms with Gasteiger partial charge in [0.1, 0.15) is 0 Å². The van der Waals surface area contributed by atoms with Crippen molar-refractivity contribution in [2.45, 2.75) is 39.7 Å². The zero-order chi connectivity index (χ0) is 13.1. The Kier molecular flexibility index (Phi) is 4.36. The van der Waals surface area contributed by atoms with Crippen LogP contribution in [0.4, 0.5) is 0 Å². The summed E-state index contributed by atoms with van der Waals surface area (Å²) in [7, 11) is 0. The summed E-state index contributed by atoms with van der Waals surface area (Å²) in [5.74, 6) is 0.568. The van der Waals surface area contributed by atoms with Gasteiger partial charge in [0.25, 0.3) is 0 Å². The zero-order valence-electron chi connectivity index (χ0n) is 11.3. The van der Waals surface area contributed by atoms with Gasteiger partial charge in [0.2, 0.25) is 0 Å². The van der Waals surface area contributed by atoms with Crippen molar-refractivity contribution >= 4 is 23.8 Å². The quantitative estimate of drug-likeness (QED) is 0.482. The molecule has 0 N–H and O–H groups in total. The molecule has 0 unspecified atom stereocenters. The van der Waals surface area contributed by atoms with Crippen LogP contribution in [-0.2, 0) is 10.7 Å². The van der Waals surface area contributed by atoms with Gasteiger partial charge in [-0.25, -0.2) is 0 Å². The standard InChI is InChI=1S/C15H21NOS/c1-11(2)13-5-6-14-12(3)10-16(15(14)9-13)7-4-8-17-18/h5-6,9-11,18H,4,7-8H2,1-3H3. The predicted molar refractivity (Wildman–Crippen MR) is 80.3 cm³/mol. The summed E-state index contributed by atoms with van der Waals surface area (Å²) in [6, 6.07) is 6.79. The summed E-state index contributed by atoms with van der Waals surface area (Å²) in [5.41, 5.74) is 4.07. The fraction of sp³-hybridized carbons (Fsp3) is 0.467. The van der Waals surface area contributed by atoms with Crippen LogP contribution in [-0.4, -0.2) is 11.2 Å². The molecular formula is C15H21NOS. The molecule has 2 nitrogen and oxygen atoms in total. The molecule has 0 atom stereocenters. The Morgan fingerprint density at radius 2 is 2.11 bits per heavy atom. The van der Waals surface area contributed by atoms with Crippen molar-refractivity contribution in [1.29, 1.82) is 0 Å². The largest absolute Gasteiger partial charge is 0.347 e. The Labute approximate surface area is 115 Å². The highest BCUT2D eigenvalue weighted by molar-refractivity contribution is 7.75. The third-order valence-corrected chi connectivity index (χ3v) is 3.59. The van der Waals surface area contributed by atoms with E-state index in [0.29, 0.717) is 12.5 Å². The van der Waals surface area contributed by atoms with E-state index in [4.69, 9.17) is 4.18 Å². The Hall–Kier alpha value is -0.930. The summed E-state index contributed by atoms with van der Waals surface area (Å²) in [5, 5.41) is 1.35. The van der Waals surface area contributed by atoms with Gasteiger partial charge in [-0.1, -0.05) is 26.0 Å². The predicted octanol–water partition coefficient (Wildman–Crippen LogP) is 4.32. The molecular weight excluding hydrogens is 242 g/mol. The number of rotatable bonds is 5. The topological polar surface area (TPSA) is 14.2 Å². The zero-order valence-corrected chi connectivity index (χ0v) is 12.2. The number of aryl methyl sites for hydroxylation is 2. The maximum Gasteiger partial charge on any atom is 0.0627 e. The molecule has 0 saturated carbocycles. The van der Waals surface area contributed by atoms with Gasteiger partial charge >= 0.3 is 0 Å². The summed E-state index contributed by atoms with van der Waals surface area (Å²) in [6.45, 7) is 8.30. The molecule has 0 spiro atoms. The minimum atomic E-state index is 0.568. The third-order valence-electron chi connectivity index (χ3n) is 3.41. The molecule has 0 radical (unpaired) electrons. The molecule has 0 fully saturated rings. The van der Waals surface area contributed by atoms with E-state index in [9.17, 15) is 0 Å². The minimum absolute atomic E-state index is 0.568. The lowest BCUT2D eigenvalue weighted by molar-refractivity contribution is 0.359. The maximum absolute atomic E-state index is 4.83. The van der Waals surface area contributed by atoms with E-state index in [1.54, 1.807) is 0 Å². The van der Waals surface area contributed by atoms with E-state index in [1.807, 2.05) is 0 Å². The third kappa shape index (κ3) is 2.73. The molecule has 0 saturated heterocycles. The highest BCUT2D eigenvalue weighted by Crippen LogP contribution is 2.25. The summed E-state index contributed by atoms with van der Waals surface area (Å²) >= 11 is 3.78. The monoisotopic (exact) mass is 263 g/mol. The minimum Gasteiger partial charge on any atom is -0.347 e. The molecule has 0 aliphatic carbocycles. The molecule has 0 aliphatic rings. The van der Waals surface area contributed by atoms with Crippen LogP contribution in [0.5, 0.6) is 0 Å². The fourth-order valence-corrected chi connectivity index (χ4v) is 2.47. The van der Waals surface area contributed by atoms with Gasteiger partial charge in [-0.2, -0.15) is 0 Å². The van der Waals surface area contributed by atoms with Gasteiger partial charge < -0.3 is 8.75 Å². The van der Waals surface area contributed by atoms with Crippen LogP contribution in [0.3, 0.4) is 0 Å². The number of nitrogens with zero attached hydrogens (tertiary/aromatic N) is 1. The van der Waals surface area contributed by atoms with Crippen LogP contribution in [0.1, 0.15) is 37.3 Å². The molecule has 0 aliphatic heterocycles. The van der Waals surface area contributed by atoms with Gasteiger partial charge in [0.15, 0.2) is 0 Å². The van der Waals surface area contributed by atoms with Crippen molar-refractivity contribution in [3.05, 3.63) is 35.5 Å².